The molecule has 1 saturated heterocycles. The fourth-order valence-corrected chi connectivity index (χ4v) is 2.65. The maximum absolute atomic E-state index is 5.28. The Kier molecular flexibility index (Phi) is 3.94. The van der Waals surface area contributed by atoms with Gasteiger partial charge >= 0.3 is 7.62 Å². The zero-order valence-electron chi connectivity index (χ0n) is 12.0. The number of nitrogens with zero attached hydrogens (tertiary/aromatic N) is 1. The van der Waals surface area contributed by atoms with Gasteiger partial charge in [-0.25, -0.2) is 0 Å². The highest BCUT2D eigenvalue weighted by Gasteiger charge is 2.18. The topological polar surface area (TPSA) is 21.7 Å². The first-order valence-corrected chi connectivity index (χ1v) is 7.03. The average Bonchev–Trinajstić information content (AvgIpc) is 2.99. The van der Waals surface area contributed by atoms with Crippen LogP contribution in [0, 0.1) is 0 Å². The minimum atomic E-state index is 0.486. The lowest BCUT2D eigenvalue weighted by Gasteiger charge is -2.19. The van der Waals surface area contributed by atoms with Crippen LogP contribution < -0.4 is 4.74 Å². The fraction of sp³-hybridized carbons (Fsp3) is 0.375. The molecule has 0 aliphatic carbocycles. The molecular formula is C16H19BNO2. The molecule has 0 bridgehead atoms. The lowest BCUT2D eigenvalue weighted by molar-refractivity contribution is 0.381. The maximum Gasteiger partial charge on any atom is 0.398 e. The largest absolute Gasteiger partial charge is 0.497 e. The number of hydrogen-bond acceptors (Lipinski definition) is 3. The molecule has 2 aromatic rings. The van der Waals surface area contributed by atoms with Crippen LogP contribution in [-0.2, 0) is 4.65 Å². The fourth-order valence-electron chi connectivity index (χ4n) is 2.65. The lowest BCUT2D eigenvalue weighted by Crippen LogP contribution is -2.27. The van der Waals surface area contributed by atoms with E-state index in [1.54, 1.807) is 7.11 Å². The molecule has 1 atom stereocenters. The molecule has 103 valence electrons. The minimum absolute atomic E-state index is 0.486. The van der Waals surface area contributed by atoms with Crippen molar-refractivity contribution in [3.8, 4) is 5.75 Å². The number of ether oxygens (including phenoxy) is 1. The third kappa shape index (κ3) is 2.81. The summed E-state index contributed by atoms with van der Waals surface area (Å²) in [6, 6.07) is 12.9. The Balaban J connectivity index is 1.80. The van der Waals surface area contributed by atoms with Crippen molar-refractivity contribution in [2.75, 3.05) is 26.8 Å². The number of benzene rings is 2. The van der Waals surface area contributed by atoms with Gasteiger partial charge in [-0.15, -0.1) is 0 Å². The molecule has 1 aliphatic rings. The summed E-state index contributed by atoms with van der Waals surface area (Å²) in [5.41, 5.74) is 1.36. The molecule has 0 N–H and O–H groups in total. The standard InChI is InChI=1S/C16H19BNO2/c1-12(11-18-7-8-20-17-18)13-3-4-15-10-16(19-2)6-5-14(15)9-13/h3-6,9-10,12H,7-8,11H2,1-2H3/t12-/m0/s1. The Morgan fingerprint density at radius 2 is 2.05 bits per heavy atom. The van der Waals surface area contributed by atoms with Crippen molar-refractivity contribution >= 4 is 18.4 Å². The molecule has 0 amide bonds. The van der Waals surface area contributed by atoms with E-state index in [0.717, 1.165) is 25.4 Å². The zero-order chi connectivity index (χ0) is 13.9. The molecule has 3 nitrogen and oxygen atoms in total. The first-order chi connectivity index (χ1) is 9.76. The van der Waals surface area contributed by atoms with Crippen LogP contribution in [-0.4, -0.2) is 39.2 Å². The third-order valence-corrected chi connectivity index (χ3v) is 3.87. The van der Waals surface area contributed by atoms with Gasteiger partial charge in [-0.05, 0) is 40.9 Å². The molecule has 0 aromatic heterocycles. The van der Waals surface area contributed by atoms with Crippen molar-refractivity contribution in [3.05, 3.63) is 42.0 Å². The SMILES string of the molecule is COc1ccc2cc([C@@H](C)CN3[B]OCC3)ccc2c1. The minimum Gasteiger partial charge on any atom is -0.497 e. The van der Waals surface area contributed by atoms with Gasteiger partial charge in [0.25, 0.3) is 0 Å². The summed E-state index contributed by atoms with van der Waals surface area (Å²) in [6.07, 6.45) is 0. The highest BCUT2D eigenvalue weighted by atomic mass is 16.5. The summed E-state index contributed by atoms with van der Waals surface area (Å²) in [5.74, 6) is 1.39. The van der Waals surface area contributed by atoms with Gasteiger partial charge in [0.2, 0.25) is 0 Å². The van der Waals surface area contributed by atoms with Gasteiger partial charge in [-0.2, -0.15) is 0 Å². The van der Waals surface area contributed by atoms with Crippen molar-refractivity contribution in [2.24, 2.45) is 0 Å². The smallest absolute Gasteiger partial charge is 0.398 e. The molecule has 3 rings (SSSR count). The van der Waals surface area contributed by atoms with Gasteiger partial charge in [0.15, 0.2) is 0 Å². The van der Waals surface area contributed by atoms with Gasteiger partial charge in [0, 0.05) is 13.2 Å². The predicted octanol–water partition coefficient (Wildman–Crippen LogP) is 2.82. The van der Waals surface area contributed by atoms with Gasteiger partial charge < -0.3 is 14.2 Å². The zero-order valence-corrected chi connectivity index (χ0v) is 12.0. The van der Waals surface area contributed by atoms with E-state index < -0.39 is 0 Å². The molecule has 2 aromatic carbocycles. The number of hydrogen-bond donors (Lipinski definition) is 0. The maximum atomic E-state index is 5.28. The molecular weight excluding hydrogens is 249 g/mol. The second-order valence-electron chi connectivity index (χ2n) is 5.34. The van der Waals surface area contributed by atoms with Crippen molar-refractivity contribution in [2.45, 2.75) is 12.8 Å². The van der Waals surface area contributed by atoms with Crippen molar-refractivity contribution in [1.82, 2.24) is 4.81 Å². The second kappa shape index (κ2) is 5.86. The summed E-state index contributed by atoms with van der Waals surface area (Å²) in [6.45, 7) is 5.07. The van der Waals surface area contributed by atoms with Crippen molar-refractivity contribution < 1.29 is 9.39 Å². The van der Waals surface area contributed by atoms with Gasteiger partial charge in [0.05, 0.1) is 7.11 Å². The Labute approximate surface area is 120 Å². The normalized spacial score (nSPS) is 17.1. The quantitative estimate of drug-likeness (QED) is 0.796. The van der Waals surface area contributed by atoms with E-state index in [1.165, 1.54) is 16.3 Å². The van der Waals surface area contributed by atoms with Crippen LogP contribution in [0.15, 0.2) is 36.4 Å². The van der Waals surface area contributed by atoms with Crippen LogP contribution in [0.1, 0.15) is 18.4 Å². The van der Waals surface area contributed by atoms with Crippen LogP contribution in [0.5, 0.6) is 5.75 Å². The summed E-state index contributed by atoms with van der Waals surface area (Å²) in [4.78, 5) is 2.24. The highest BCUT2D eigenvalue weighted by Crippen LogP contribution is 2.25. The average molecular weight is 268 g/mol. The summed E-state index contributed by atoms with van der Waals surface area (Å²) in [7, 11) is 3.55. The molecule has 1 heterocycles. The predicted molar refractivity (Wildman–Crippen MR) is 82.2 cm³/mol. The monoisotopic (exact) mass is 268 g/mol. The van der Waals surface area contributed by atoms with Crippen molar-refractivity contribution in [1.29, 1.82) is 0 Å². The van der Waals surface area contributed by atoms with E-state index in [4.69, 9.17) is 9.39 Å². The molecule has 1 fully saturated rings. The summed E-state index contributed by atoms with van der Waals surface area (Å²) >= 11 is 0. The van der Waals surface area contributed by atoms with E-state index in [9.17, 15) is 0 Å². The number of fused-ring (bicyclic) bond motifs is 1. The molecule has 0 spiro atoms. The van der Waals surface area contributed by atoms with Crippen LogP contribution in [0.2, 0.25) is 0 Å². The molecule has 4 heteroatoms. The first kappa shape index (κ1) is 13.5. The molecule has 20 heavy (non-hydrogen) atoms. The van der Waals surface area contributed by atoms with Crippen LogP contribution in [0.4, 0.5) is 0 Å². The van der Waals surface area contributed by atoms with Gasteiger partial charge in [0.1, 0.15) is 5.75 Å². The Morgan fingerprint density at radius 3 is 2.80 bits per heavy atom. The molecule has 1 radical (unpaired) electrons. The van der Waals surface area contributed by atoms with E-state index >= 15 is 0 Å². The third-order valence-electron chi connectivity index (χ3n) is 3.87. The van der Waals surface area contributed by atoms with E-state index in [1.807, 2.05) is 13.7 Å². The van der Waals surface area contributed by atoms with Crippen LogP contribution >= 0.6 is 0 Å². The molecule has 0 saturated carbocycles. The van der Waals surface area contributed by atoms with E-state index in [0.29, 0.717) is 5.92 Å². The lowest BCUT2D eigenvalue weighted by atomic mass is 9.96. The summed E-state index contributed by atoms with van der Waals surface area (Å²) < 4.78 is 10.5. The molecule has 0 unspecified atom stereocenters. The number of rotatable bonds is 4. The van der Waals surface area contributed by atoms with E-state index in [-0.39, 0.29) is 0 Å². The first-order valence-electron chi connectivity index (χ1n) is 7.03. The molecule has 1 aliphatic heterocycles. The van der Waals surface area contributed by atoms with Crippen LogP contribution in [0.25, 0.3) is 10.8 Å². The van der Waals surface area contributed by atoms with Gasteiger partial charge in [-0.3, -0.25) is 0 Å². The number of methoxy groups -OCH3 is 1. The van der Waals surface area contributed by atoms with Gasteiger partial charge in [-0.1, -0.05) is 31.2 Å². The van der Waals surface area contributed by atoms with Crippen molar-refractivity contribution in [3.63, 3.8) is 0 Å². The Hall–Kier alpha value is -1.52. The van der Waals surface area contributed by atoms with E-state index in [2.05, 4.69) is 42.1 Å². The summed E-state index contributed by atoms with van der Waals surface area (Å²) in [5, 5.41) is 2.48. The Bertz CT molecular complexity index is 596. The second-order valence-corrected chi connectivity index (χ2v) is 5.34. The highest BCUT2D eigenvalue weighted by molar-refractivity contribution is 6.24. The Morgan fingerprint density at radius 1 is 1.25 bits per heavy atom. The van der Waals surface area contributed by atoms with Crippen LogP contribution in [0.3, 0.4) is 0 Å².